The summed E-state index contributed by atoms with van der Waals surface area (Å²) in [5.74, 6) is -0.699. The maximum absolute atomic E-state index is 12.7. The number of carbonyl (C=O) groups is 2. The molecule has 2 aromatic rings. The van der Waals surface area contributed by atoms with Gasteiger partial charge in [0.1, 0.15) is 5.82 Å². The van der Waals surface area contributed by atoms with Gasteiger partial charge in [0.05, 0.1) is 11.5 Å². The Morgan fingerprint density at radius 2 is 2.00 bits per heavy atom. The lowest BCUT2D eigenvalue weighted by Gasteiger charge is -2.23. The molecule has 0 saturated carbocycles. The van der Waals surface area contributed by atoms with Crippen LogP contribution in [-0.4, -0.2) is 27.5 Å². The summed E-state index contributed by atoms with van der Waals surface area (Å²) in [6.07, 6.45) is 0.820. The number of benzene rings is 1. The molecule has 1 unspecified atom stereocenters. The maximum atomic E-state index is 12.7. The number of carbonyl (C=O) groups excluding carboxylic acids is 2. The summed E-state index contributed by atoms with van der Waals surface area (Å²) in [7, 11) is 0. The Morgan fingerprint density at radius 3 is 2.65 bits per heavy atom. The van der Waals surface area contributed by atoms with Gasteiger partial charge in [-0.1, -0.05) is 37.7 Å². The molecule has 8 heteroatoms. The van der Waals surface area contributed by atoms with E-state index >= 15 is 0 Å². The highest BCUT2D eigenvalue weighted by atomic mass is 32.2. The minimum Gasteiger partial charge on any atom is -0.326 e. The predicted octanol–water partition coefficient (Wildman–Crippen LogP) is 2.51. The number of aryl methyl sites for hydroxylation is 1. The van der Waals surface area contributed by atoms with E-state index in [2.05, 4.69) is 27.5 Å². The Balaban J connectivity index is 1.89. The average molecular weight is 372 g/mol. The highest BCUT2D eigenvalue weighted by Crippen LogP contribution is 2.30. The highest BCUT2D eigenvalue weighted by molar-refractivity contribution is 7.99. The van der Waals surface area contributed by atoms with E-state index in [9.17, 15) is 14.4 Å². The molecule has 0 bridgehead atoms. The average Bonchev–Trinajstić information content (AvgIpc) is 2.61. The van der Waals surface area contributed by atoms with Gasteiger partial charge >= 0.3 is 0 Å². The van der Waals surface area contributed by atoms with Gasteiger partial charge < -0.3 is 15.6 Å². The van der Waals surface area contributed by atoms with E-state index in [1.807, 2.05) is 31.2 Å². The number of rotatable bonds is 5. The monoisotopic (exact) mass is 372 g/mol. The summed E-state index contributed by atoms with van der Waals surface area (Å²) < 4.78 is 0. The third-order valence-electron chi connectivity index (χ3n) is 4.16. The second-order valence-electron chi connectivity index (χ2n) is 5.91. The molecule has 0 aliphatic carbocycles. The molecule has 0 fully saturated rings. The van der Waals surface area contributed by atoms with Gasteiger partial charge in [-0.25, -0.2) is 4.98 Å². The van der Waals surface area contributed by atoms with E-state index in [0.29, 0.717) is 10.8 Å². The molecule has 1 aliphatic rings. The number of aromatic nitrogens is 2. The van der Waals surface area contributed by atoms with Crippen molar-refractivity contribution in [2.75, 3.05) is 16.4 Å². The van der Waals surface area contributed by atoms with Crippen molar-refractivity contribution in [1.82, 2.24) is 9.97 Å². The van der Waals surface area contributed by atoms with Gasteiger partial charge in [0.2, 0.25) is 11.8 Å². The van der Waals surface area contributed by atoms with Crippen LogP contribution in [0.5, 0.6) is 0 Å². The van der Waals surface area contributed by atoms with Crippen LogP contribution in [-0.2, 0) is 16.0 Å². The molecule has 2 amide bonds. The van der Waals surface area contributed by atoms with Crippen molar-refractivity contribution in [3.8, 4) is 0 Å². The zero-order valence-corrected chi connectivity index (χ0v) is 15.4. The summed E-state index contributed by atoms with van der Waals surface area (Å²) in [5, 5.41) is 5.81. The summed E-state index contributed by atoms with van der Waals surface area (Å²) in [4.78, 5) is 44.2. The van der Waals surface area contributed by atoms with Crippen LogP contribution in [0.3, 0.4) is 0 Å². The standard InChI is InChI=1S/C18H20N4O3S/c1-3-10-5-7-11(8-6-10)19-16(24)12-9-13(23)20-15-14(12)17(25)22-18(21-15)26-4-2/h5-8,12H,3-4,9H2,1-2H3,(H,19,24)(H2,20,21,22,23,25). The first-order valence-electron chi connectivity index (χ1n) is 8.48. The van der Waals surface area contributed by atoms with E-state index in [1.165, 1.54) is 11.8 Å². The van der Waals surface area contributed by atoms with Crippen molar-refractivity contribution in [2.24, 2.45) is 0 Å². The first kappa shape index (κ1) is 18.2. The van der Waals surface area contributed by atoms with Crippen LogP contribution < -0.4 is 16.2 Å². The smallest absolute Gasteiger partial charge is 0.257 e. The van der Waals surface area contributed by atoms with Crippen LogP contribution in [0.25, 0.3) is 0 Å². The lowest BCUT2D eigenvalue weighted by molar-refractivity contribution is -0.123. The fraction of sp³-hybridized carbons (Fsp3) is 0.333. The number of nitrogens with zero attached hydrogens (tertiary/aromatic N) is 1. The van der Waals surface area contributed by atoms with E-state index in [1.54, 1.807) is 0 Å². The van der Waals surface area contributed by atoms with Gasteiger partial charge in [0.15, 0.2) is 5.16 Å². The number of nitrogens with one attached hydrogen (secondary N) is 3. The topological polar surface area (TPSA) is 104 Å². The maximum Gasteiger partial charge on any atom is 0.257 e. The quantitative estimate of drug-likeness (QED) is 0.553. The number of hydrogen-bond acceptors (Lipinski definition) is 5. The van der Waals surface area contributed by atoms with Crippen LogP contribution in [0.15, 0.2) is 34.2 Å². The van der Waals surface area contributed by atoms with E-state index in [4.69, 9.17) is 0 Å². The molecule has 7 nitrogen and oxygen atoms in total. The van der Waals surface area contributed by atoms with Crippen molar-refractivity contribution in [3.63, 3.8) is 0 Å². The molecule has 3 rings (SSSR count). The number of aromatic amines is 1. The molecule has 1 aromatic carbocycles. The Hall–Kier alpha value is -2.61. The third kappa shape index (κ3) is 3.80. The highest BCUT2D eigenvalue weighted by Gasteiger charge is 2.34. The third-order valence-corrected chi connectivity index (χ3v) is 4.91. The number of fused-ring (bicyclic) bond motifs is 1. The normalized spacial score (nSPS) is 15.9. The van der Waals surface area contributed by atoms with Crippen LogP contribution in [0.2, 0.25) is 0 Å². The van der Waals surface area contributed by atoms with Gasteiger partial charge in [-0.05, 0) is 29.9 Å². The van der Waals surface area contributed by atoms with Crippen LogP contribution in [0.4, 0.5) is 11.5 Å². The van der Waals surface area contributed by atoms with Crippen molar-refractivity contribution in [1.29, 1.82) is 0 Å². The summed E-state index contributed by atoms with van der Waals surface area (Å²) in [6, 6.07) is 7.48. The van der Waals surface area contributed by atoms with Gasteiger partial charge in [0.25, 0.3) is 5.56 Å². The van der Waals surface area contributed by atoms with Crippen LogP contribution in [0.1, 0.15) is 37.3 Å². The lowest BCUT2D eigenvalue weighted by Crippen LogP contribution is -2.36. The van der Waals surface area contributed by atoms with Crippen molar-refractivity contribution in [3.05, 3.63) is 45.7 Å². The molecular formula is C18H20N4O3S. The Kier molecular flexibility index (Phi) is 5.41. The number of anilines is 2. The molecule has 3 N–H and O–H groups in total. The fourth-order valence-corrected chi connectivity index (χ4v) is 3.43. The number of H-pyrrole nitrogens is 1. The SMILES string of the molecule is CCSc1nc2c(c(=O)[nH]1)C(C(=O)Nc1ccc(CC)cc1)CC(=O)N2. The van der Waals surface area contributed by atoms with Crippen molar-refractivity contribution >= 4 is 35.1 Å². The molecule has 0 radical (unpaired) electrons. The molecule has 1 aliphatic heterocycles. The van der Waals surface area contributed by atoms with Gasteiger partial charge in [-0.3, -0.25) is 14.4 Å². The van der Waals surface area contributed by atoms with Gasteiger partial charge in [-0.2, -0.15) is 0 Å². The van der Waals surface area contributed by atoms with Crippen LogP contribution >= 0.6 is 11.8 Å². The minimum absolute atomic E-state index is 0.0864. The summed E-state index contributed by atoms with van der Waals surface area (Å²) in [5.41, 5.74) is 1.59. The Morgan fingerprint density at radius 1 is 1.27 bits per heavy atom. The zero-order chi connectivity index (χ0) is 18.7. The lowest BCUT2D eigenvalue weighted by atomic mass is 9.92. The fourth-order valence-electron chi connectivity index (χ4n) is 2.83. The minimum atomic E-state index is -0.874. The Bertz CT molecular complexity index is 892. The number of thioether (sulfide) groups is 1. The van der Waals surface area contributed by atoms with E-state index in [-0.39, 0.29) is 23.7 Å². The molecule has 136 valence electrons. The molecule has 0 spiro atoms. The van der Waals surface area contributed by atoms with E-state index < -0.39 is 17.4 Å². The largest absolute Gasteiger partial charge is 0.326 e. The predicted molar refractivity (Wildman–Crippen MR) is 102 cm³/mol. The van der Waals surface area contributed by atoms with Gasteiger partial charge in [-0.15, -0.1) is 0 Å². The van der Waals surface area contributed by atoms with Crippen LogP contribution in [0, 0.1) is 0 Å². The molecule has 26 heavy (non-hydrogen) atoms. The van der Waals surface area contributed by atoms with E-state index in [0.717, 1.165) is 17.7 Å². The second-order valence-corrected chi connectivity index (χ2v) is 7.16. The second kappa shape index (κ2) is 7.74. The van der Waals surface area contributed by atoms with Crippen molar-refractivity contribution in [2.45, 2.75) is 37.8 Å². The van der Waals surface area contributed by atoms with Gasteiger partial charge in [0, 0.05) is 12.1 Å². The molecule has 0 saturated heterocycles. The molecule has 2 heterocycles. The molecule has 1 atom stereocenters. The Labute approximate surface area is 155 Å². The first-order valence-corrected chi connectivity index (χ1v) is 9.47. The number of hydrogen-bond donors (Lipinski definition) is 3. The zero-order valence-electron chi connectivity index (χ0n) is 14.6. The number of amides is 2. The summed E-state index contributed by atoms with van der Waals surface area (Å²) >= 11 is 1.36. The summed E-state index contributed by atoms with van der Waals surface area (Å²) in [6.45, 7) is 3.98. The molecule has 1 aromatic heterocycles. The first-order chi connectivity index (χ1) is 12.5. The molecular weight excluding hydrogens is 352 g/mol. The van der Waals surface area contributed by atoms with Crippen molar-refractivity contribution < 1.29 is 9.59 Å².